The first-order valence-electron chi connectivity index (χ1n) is 6.69. The average molecular weight is 270 g/mol. The molecule has 0 spiro atoms. The minimum atomic E-state index is -0.305. The highest BCUT2D eigenvalue weighted by atomic mass is 35.5. The highest BCUT2D eigenvalue weighted by Crippen LogP contribution is 2.44. The van der Waals surface area contributed by atoms with E-state index in [1.54, 1.807) is 6.07 Å². The van der Waals surface area contributed by atoms with Crippen LogP contribution in [0.4, 0.5) is 4.39 Å². The predicted octanol–water partition coefficient (Wildman–Crippen LogP) is 4.19. The van der Waals surface area contributed by atoms with Gasteiger partial charge in [0.05, 0.1) is 5.02 Å². The van der Waals surface area contributed by atoms with Crippen molar-refractivity contribution < 1.29 is 4.39 Å². The molecule has 3 heteroatoms. The second kappa shape index (κ2) is 5.58. The molecule has 1 nitrogen and oxygen atoms in total. The zero-order valence-electron chi connectivity index (χ0n) is 11.1. The molecule has 1 aliphatic carbocycles. The van der Waals surface area contributed by atoms with Crippen LogP contribution in [0.2, 0.25) is 5.02 Å². The first kappa shape index (κ1) is 13.8. The molecule has 0 aliphatic heterocycles. The smallest absolute Gasteiger partial charge is 0.142 e. The highest BCUT2D eigenvalue weighted by Gasteiger charge is 2.37. The lowest BCUT2D eigenvalue weighted by Crippen LogP contribution is -2.43. The van der Waals surface area contributed by atoms with Gasteiger partial charge in [-0.25, -0.2) is 4.39 Å². The van der Waals surface area contributed by atoms with Crippen LogP contribution in [-0.2, 0) is 6.42 Å². The molecule has 1 saturated carbocycles. The Morgan fingerprint density at radius 3 is 2.67 bits per heavy atom. The van der Waals surface area contributed by atoms with Gasteiger partial charge in [-0.15, -0.1) is 0 Å². The molecule has 0 radical (unpaired) electrons. The molecular weight excluding hydrogens is 249 g/mol. The number of hydrogen-bond donors (Lipinski definition) is 1. The van der Waals surface area contributed by atoms with Gasteiger partial charge in [-0.05, 0) is 36.3 Å². The van der Waals surface area contributed by atoms with E-state index < -0.39 is 0 Å². The molecule has 0 amide bonds. The highest BCUT2D eigenvalue weighted by molar-refractivity contribution is 6.31. The third kappa shape index (κ3) is 3.04. The average Bonchev–Trinajstić information content (AvgIpc) is 2.27. The molecule has 0 unspecified atom stereocenters. The van der Waals surface area contributed by atoms with E-state index in [0.717, 1.165) is 18.5 Å². The summed E-state index contributed by atoms with van der Waals surface area (Å²) in [7, 11) is 0. The lowest BCUT2D eigenvalue weighted by Gasteiger charge is -2.43. The fourth-order valence-corrected chi connectivity index (χ4v) is 2.80. The number of benzene rings is 1. The second-order valence-corrected chi connectivity index (χ2v) is 6.16. The van der Waals surface area contributed by atoms with Crippen LogP contribution in [0.15, 0.2) is 18.2 Å². The molecular formula is C15H21ClFN. The van der Waals surface area contributed by atoms with Gasteiger partial charge in [-0.3, -0.25) is 0 Å². The minimum absolute atomic E-state index is 0.279. The van der Waals surface area contributed by atoms with Crippen LogP contribution < -0.4 is 5.32 Å². The summed E-state index contributed by atoms with van der Waals surface area (Å²) in [6.45, 7) is 5.31. The van der Waals surface area contributed by atoms with Crippen molar-refractivity contribution in [2.24, 2.45) is 5.41 Å². The second-order valence-electron chi connectivity index (χ2n) is 5.78. The van der Waals surface area contributed by atoms with Gasteiger partial charge in [0.25, 0.3) is 0 Å². The fraction of sp³-hybridized carbons (Fsp3) is 0.600. The zero-order valence-corrected chi connectivity index (χ0v) is 11.9. The molecule has 0 bridgehead atoms. The van der Waals surface area contributed by atoms with Crippen molar-refractivity contribution in [1.29, 1.82) is 0 Å². The molecule has 1 N–H and O–H groups in total. The van der Waals surface area contributed by atoms with E-state index in [-0.39, 0.29) is 11.2 Å². The Balaban J connectivity index is 2.08. The van der Waals surface area contributed by atoms with E-state index >= 15 is 0 Å². The van der Waals surface area contributed by atoms with Crippen LogP contribution in [0.25, 0.3) is 0 Å². The van der Waals surface area contributed by atoms with Crippen LogP contribution in [0, 0.1) is 11.2 Å². The molecule has 1 fully saturated rings. The van der Waals surface area contributed by atoms with Crippen molar-refractivity contribution in [3.8, 4) is 0 Å². The first-order valence-corrected chi connectivity index (χ1v) is 7.06. The largest absolute Gasteiger partial charge is 0.314 e. The SMILES string of the molecule is CC(C)NCC1(Cc2cccc(F)c2Cl)CCC1. The Morgan fingerprint density at radius 1 is 1.39 bits per heavy atom. The van der Waals surface area contributed by atoms with E-state index in [1.807, 2.05) is 6.07 Å². The molecule has 0 heterocycles. The maximum atomic E-state index is 13.4. The summed E-state index contributed by atoms with van der Waals surface area (Å²) in [5.41, 5.74) is 1.23. The number of hydrogen-bond acceptors (Lipinski definition) is 1. The summed E-state index contributed by atoms with van der Waals surface area (Å²) in [4.78, 5) is 0. The van der Waals surface area contributed by atoms with Crippen molar-refractivity contribution in [1.82, 2.24) is 5.32 Å². The van der Waals surface area contributed by atoms with Crippen molar-refractivity contribution in [2.75, 3.05) is 6.54 Å². The summed E-state index contributed by atoms with van der Waals surface area (Å²) < 4.78 is 13.4. The molecule has 0 saturated heterocycles. The maximum Gasteiger partial charge on any atom is 0.142 e. The molecule has 1 aliphatic rings. The van der Waals surface area contributed by atoms with Gasteiger partial charge < -0.3 is 5.32 Å². The van der Waals surface area contributed by atoms with E-state index in [2.05, 4.69) is 19.2 Å². The van der Waals surface area contributed by atoms with E-state index in [1.165, 1.54) is 25.3 Å². The Morgan fingerprint density at radius 2 is 2.11 bits per heavy atom. The molecule has 1 aromatic carbocycles. The van der Waals surface area contributed by atoms with Crippen molar-refractivity contribution >= 4 is 11.6 Å². The standard InChI is InChI=1S/C15H21ClFN/c1-11(2)18-10-15(7-4-8-15)9-12-5-3-6-13(17)14(12)16/h3,5-6,11,18H,4,7-10H2,1-2H3. The van der Waals surface area contributed by atoms with Gasteiger partial charge in [0.1, 0.15) is 5.82 Å². The zero-order chi connectivity index (χ0) is 13.2. The molecule has 0 aromatic heterocycles. The monoisotopic (exact) mass is 269 g/mol. The molecule has 0 atom stereocenters. The number of rotatable bonds is 5. The maximum absolute atomic E-state index is 13.4. The van der Waals surface area contributed by atoms with Gasteiger partial charge in [0.2, 0.25) is 0 Å². The summed E-state index contributed by atoms with van der Waals surface area (Å²) in [5, 5.41) is 3.81. The summed E-state index contributed by atoms with van der Waals surface area (Å²) in [6.07, 6.45) is 4.56. The van der Waals surface area contributed by atoms with Gasteiger partial charge in [-0.1, -0.05) is 44.0 Å². The molecule has 18 heavy (non-hydrogen) atoms. The van der Waals surface area contributed by atoms with Gasteiger partial charge in [-0.2, -0.15) is 0 Å². The topological polar surface area (TPSA) is 12.0 Å². The van der Waals surface area contributed by atoms with Gasteiger partial charge in [0.15, 0.2) is 0 Å². The minimum Gasteiger partial charge on any atom is -0.314 e. The third-order valence-electron chi connectivity index (χ3n) is 3.90. The Bertz CT molecular complexity index is 413. The summed E-state index contributed by atoms with van der Waals surface area (Å²) in [5.74, 6) is -0.305. The van der Waals surface area contributed by atoms with Crippen LogP contribution in [-0.4, -0.2) is 12.6 Å². The van der Waals surface area contributed by atoms with Crippen molar-refractivity contribution in [3.05, 3.63) is 34.6 Å². The number of nitrogens with one attached hydrogen (secondary N) is 1. The van der Waals surface area contributed by atoms with Gasteiger partial charge >= 0.3 is 0 Å². The summed E-state index contributed by atoms with van der Waals surface area (Å²) in [6, 6.07) is 5.61. The lowest BCUT2D eigenvalue weighted by atomic mass is 9.65. The summed E-state index contributed by atoms with van der Waals surface area (Å²) >= 11 is 6.05. The molecule has 1 aromatic rings. The van der Waals surface area contributed by atoms with Crippen molar-refractivity contribution in [3.63, 3.8) is 0 Å². The Labute approximate surface area is 114 Å². The number of halogens is 2. The van der Waals surface area contributed by atoms with Crippen LogP contribution in [0.3, 0.4) is 0 Å². The van der Waals surface area contributed by atoms with E-state index in [0.29, 0.717) is 11.1 Å². The predicted molar refractivity (Wildman–Crippen MR) is 74.5 cm³/mol. The third-order valence-corrected chi connectivity index (χ3v) is 4.32. The Kier molecular flexibility index (Phi) is 4.29. The van der Waals surface area contributed by atoms with Crippen LogP contribution in [0.1, 0.15) is 38.7 Å². The van der Waals surface area contributed by atoms with Gasteiger partial charge in [0, 0.05) is 12.6 Å². The van der Waals surface area contributed by atoms with E-state index in [9.17, 15) is 4.39 Å². The normalized spacial score (nSPS) is 17.8. The Hall–Kier alpha value is -0.600. The van der Waals surface area contributed by atoms with Crippen LogP contribution >= 0.6 is 11.6 Å². The quantitative estimate of drug-likeness (QED) is 0.845. The van der Waals surface area contributed by atoms with E-state index in [4.69, 9.17) is 11.6 Å². The molecule has 100 valence electrons. The first-order chi connectivity index (χ1) is 8.52. The molecule has 2 rings (SSSR count). The lowest BCUT2D eigenvalue weighted by molar-refractivity contribution is 0.126. The fourth-order valence-electron chi connectivity index (χ4n) is 2.60. The van der Waals surface area contributed by atoms with Crippen molar-refractivity contribution in [2.45, 2.75) is 45.6 Å². The van der Waals surface area contributed by atoms with Crippen LogP contribution in [0.5, 0.6) is 0 Å².